The number of nitrogens with one attached hydrogen (secondary N) is 1. The fourth-order valence-electron chi connectivity index (χ4n) is 3.37. The zero-order valence-electron chi connectivity index (χ0n) is 14.9. The zero-order valence-corrected chi connectivity index (χ0v) is 16.5. The Morgan fingerprint density at radius 2 is 2.00 bits per heavy atom. The van der Waals surface area contributed by atoms with Crippen LogP contribution in [-0.2, 0) is 11.3 Å². The van der Waals surface area contributed by atoms with Crippen LogP contribution < -0.4 is 5.32 Å². The van der Waals surface area contributed by atoms with E-state index in [2.05, 4.69) is 38.3 Å². The summed E-state index contributed by atoms with van der Waals surface area (Å²) in [5.74, 6) is 0.000457. The minimum Gasteiger partial charge on any atom is -0.326 e. The summed E-state index contributed by atoms with van der Waals surface area (Å²) >= 11 is 3.51. The third kappa shape index (κ3) is 5.02. The number of anilines is 1. The number of amides is 1. The Kier molecular flexibility index (Phi) is 6.22. The van der Waals surface area contributed by atoms with Crippen molar-refractivity contribution in [1.82, 2.24) is 4.90 Å². The SMILES string of the molecule is CC(=O)c1cccc(NC(=O)C2CCCN(Cc3cccc(Br)c3)C2)c1. The number of Topliss-reactive ketones (excluding diaryl/α,β-unsaturated/α-hetero) is 1. The van der Waals surface area contributed by atoms with Crippen LogP contribution in [-0.4, -0.2) is 29.7 Å². The monoisotopic (exact) mass is 414 g/mol. The fraction of sp³-hybridized carbons (Fsp3) is 0.333. The van der Waals surface area contributed by atoms with Crippen molar-refractivity contribution in [3.63, 3.8) is 0 Å². The van der Waals surface area contributed by atoms with E-state index in [1.54, 1.807) is 18.2 Å². The fourth-order valence-corrected chi connectivity index (χ4v) is 3.81. The predicted molar refractivity (Wildman–Crippen MR) is 107 cm³/mol. The van der Waals surface area contributed by atoms with Gasteiger partial charge in [0.05, 0.1) is 5.92 Å². The molecule has 0 aromatic heterocycles. The van der Waals surface area contributed by atoms with Crippen LogP contribution in [0.1, 0.15) is 35.7 Å². The van der Waals surface area contributed by atoms with E-state index in [-0.39, 0.29) is 17.6 Å². The number of carbonyl (C=O) groups is 2. The first-order chi connectivity index (χ1) is 12.5. The van der Waals surface area contributed by atoms with Gasteiger partial charge in [0.2, 0.25) is 5.91 Å². The molecule has 0 aliphatic carbocycles. The highest BCUT2D eigenvalue weighted by Gasteiger charge is 2.26. The van der Waals surface area contributed by atoms with Gasteiger partial charge in [-0.1, -0.05) is 40.2 Å². The van der Waals surface area contributed by atoms with Gasteiger partial charge in [-0.3, -0.25) is 14.5 Å². The Morgan fingerprint density at radius 3 is 2.77 bits per heavy atom. The number of likely N-dealkylation sites (tertiary alicyclic amines) is 1. The number of nitrogens with zero attached hydrogens (tertiary/aromatic N) is 1. The van der Waals surface area contributed by atoms with Crippen LogP contribution >= 0.6 is 15.9 Å². The molecule has 1 heterocycles. The lowest BCUT2D eigenvalue weighted by Gasteiger charge is -2.32. The molecule has 0 radical (unpaired) electrons. The van der Waals surface area contributed by atoms with E-state index in [1.165, 1.54) is 12.5 Å². The largest absolute Gasteiger partial charge is 0.326 e. The van der Waals surface area contributed by atoms with Crippen LogP contribution in [0.5, 0.6) is 0 Å². The normalized spacial score (nSPS) is 17.7. The molecule has 1 saturated heterocycles. The quantitative estimate of drug-likeness (QED) is 0.732. The van der Waals surface area contributed by atoms with Crippen molar-refractivity contribution in [2.75, 3.05) is 18.4 Å². The van der Waals surface area contributed by atoms with E-state index in [4.69, 9.17) is 0 Å². The Hall–Kier alpha value is -1.98. The van der Waals surface area contributed by atoms with Crippen molar-refractivity contribution in [3.8, 4) is 0 Å². The van der Waals surface area contributed by atoms with Crippen LogP contribution in [0, 0.1) is 5.92 Å². The number of carbonyl (C=O) groups excluding carboxylic acids is 2. The van der Waals surface area contributed by atoms with Crippen molar-refractivity contribution in [2.24, 2.45) is 5.92 Å². The summed E-state index contributed by atoms with van der Waals surface area (Å²) in [6.07, 6.45) is 1.91. The summed E-state index contributed by atoms with van der Waals surface area (Å²) < 4.78 is 1.08. The van der Waals surface area contributed by atoms with Crippen molar-refractivity contribution < 1.29 is 9.59 Å². The van der Waals surface area contributed by atoms with Gasteiger partial charge in [-0.15, -0.1) is 0 Å². The Morgan fingerprint density at radius 1 is 1.19 bits per heavy atom. The Bertz CT molecular complexity index is 806. The second kappa shape index (κ2) is 8.60. The smallest absolute Gasteiger partial charge is 0.228 e. The van der Waals surface area contributed by atoms with Gasteiger partial charge in [-0.25, -0.2) is 0 Å². The first kappa shape index (κ1) is 18.8. The van der Waals surface area contributed by atoms with E-state index in [1.807, 2.05) is 18.2 Å². The van der Waals surface area contributed by atoms with Gasteiger partial charge in [-0.2, -0.15) is 0 Å². The van der Waals surface area contributed by atoms with Gasteiger partial charge in [0.1, 0.15) is 0 Å². The number of hydrogen-bond donors (Lipinski definition) is 1. The predicted octanol–water partition coefficient (Wildman–Crippen LogP) is 4.50. The molecule has 1 fully saturated rings. The molecule has 2 aromatic carbocycles. The molecule has 1 amide bonds. The number of ketones is 1. The number of rotatable bonds is 5. The highest BCUT2D eigenvalue weighted by Crippen LogP contribution is 2.22. The van der Waals surface area contributed by atoms with Crippen LogP contribution in [0.25, 0.3) is 0 Å². The number of hydrogen-bond acceptors (Lipinski definition) is 3. The van der Waals surface area contributed by atoms with Gasteiger partial charge in [0.15, 0.2) is 5.78 Å². The molecule has 5 heteroatoms. The van der Waals surface area contributed by atoms with Crippen molar-refractivity contribution in [1.29, 1.82) is 0 Å². The summed E-state index contributed by atoms with van der Waals surface area (Å²) in [6.45, 7) is 4.14. The molecule has 1 unspecified atom stereocenters. The maximum absolute atomic E-state index is 12.7. The molecule has 136 valence electrons. The second-order valence-corrected chi connectivity index (χ2v) is 7.75. The summed E-state index contributed by atoms with van der Waals surface area (Å²) in [4.78, 5) is 26.5. The van der Waals surface area contributed by atoms with Crippen molar-refractivity contribution in [3.05, 3.63) is 64.1 Å². The maximum Gasteiger partial charge on any atom is 0.228 e. The minimum atomic E-state index is -0.0307. The molecule has 1 atom stereocenters. The topological polar surface area (TPSA) is 49.4 Å². The first-order valence-electron chi connectivity index (χ1n) is 8.90. The van der Waals surface area contributed by atoms with Crippen molar-refractivity contribution >= 4 is 33.3 Å². The number of piperidine rings is 1. The molecule has 1 aliphatic heterocycles. The molecule has 1 aliphatic rings. The van der Waals surface area contributed by atoms with Crippen molar-refractivity contribution in [2.45, 2.75) is 26.3 Å². The lowest BCUT2D eigenvalue weighted by Crippen LogP contribution is -2.40. The number of benzene rings is 2. The van der Waals surface area contributed by atoms with Gasteiger partial charge >= 0.3 is 0 Å². The molecule has 4 nitrogen and oxygen atoms in total. The van der Waals surface area contributed by atoms with Gasteiger partial charge in [0, 0.05) is 28.8 Å². The molecule has 3 rings (SSSR count). The average Bonchev–Trinajstić information content (AvgIpc) is 2.62. The minimum absolute atomic E-state index is 0.000961. The van der Waals surface area contributed by atoms with Gasteiger partial charge in [0.25, 0.3) is 0 Å². The molecule has 2 aromatic rings. The first-order valence-corrected chi connectivity index (χ1v) is 9.69. The van der Waals surface area contributed by atoms with Gasteiger partial charge < -0.3 is 5.32 Å². The van der Waals surface area contributed by atoms with E-state index in [9.17, 15) is 9.59 Å². The molecule has 0 bridgehead atoms. The van der Waals surface area contributed by atoms with Crippen LogP contribution in [0.2, 0.25) is 0 Å². The van der Waals surface area contributed by atoms with E-state index >= 15 is 0 Å². The lowest BCUT2D eigenvalue weighted by atomic mass is 9.96. The number of halogens is 1. The molecule has 26 heavy (non-hydrogen) atoms. The lowest BCUT2D eigenvalue weighted by molar-refractivity contribution is -0.121. The highest BCUT2D eigenvalue weighted by atomic mass is 79.9. The standard InChI is InChI=1S/C21H23BrN2O2/c1-15(25)17-6-3-9-20(12-17)23-21(26)18-7-4-10-24(14-18)13-16-5-2-8-19(22)11-16/h2-3,5-6,8-9,11-12,18H,4,7,10,13-14H2,1H3,(H,23,26). The molecule has 1 N–H and O–H groups in total. The Labute approximate surface area is 162 Å². The molecular formula is C21H23BrN2O2. The van der Waals surface area contributed by atoms with Gasteiger partial charge in [-0.05, 0) is 56.1 Å². The van der Waals surface area contributed by atoms with E-state index in [0.717, 1.165) is 36.9 Å². The second-order valence-electron chi connectivity index (χ2n) is 6.83. The highest BCUT2D eigenvalue weighted by molar-refractivity contribution is 9.10. The van der Waals surface area contributed by atoms with Crippen LogP contribution in [0.3, 0.4) is 0 Å². The summed E-state index contributed by atoms with van der Waals surface area (Å²) in [5, 5.41) is 2.98. The maximum atomic E-state index is 12.7. The Balaban J connectivity index is 1.61. The average molecular weight is 415 g/mol. The van der Waals surface area contributed by atoms with Crippen LogP contribution in [0.4, 0.5) is 5.69 Å². The van der Waals surface area contributed by atoms with E-state index < -0.39 is 0 Å². The molecular weight excluding hydrogens is 392 g/mol. The zero-order chi connectivity index (χ0) is 18.5. The summed E-state index contributed by atoms with van der Waals surface area (Å²) in [7, 11) is 0. The third-order valence-electron chi connectivity index (χ3n) is 4.71. The summed E-state index contributed by atoms with van der Waals surface area (Å²) in [5.41, 5.74) is 2.55. The third-order valence-corrected chi connectivity index (χ3v) is 5.20. The van der Waals surface area contributed by atoms with Crippen LogP contribution in [0.15, 0.2) is 53.0 Å². The van der Waals surface area contributed by atoms with E-state index in [0.29, 0.717) is 11.3 Å². The molecule has 0 saturated carbocycles. The summed E-state index contributed by atoms with van der Waals surface area (Å²) in [6, 6.07) is 15.4. The molecule has 0 spiro atoms.